The molecule has 0 amide bonds. The number of rotatable bonds is 4. The van der Waals surface area contributed by atoms with E-state index in [1.807, 2.05) is 0 Å². The average Bonchev–Trinajstić information content (AvgIpc) is 2.54. The monoisotopic (exact) mass is 317 g/mol. The second-order valence-electron chi connectivity index (χ2n) is 5.03. The van der Waals surface area contributed by atoms with E-state index in [2.05, 4.69) is 15.3 Å². The number of nitrogens with one attached hydrogen (secondary N) is 1. The molecule has 1 aliphatic rings. The largest absolute Gasteiger partial charge is 0.486 e. The van der Waals surface area contributed by atoms with Crippen LogP contribution in [0.1, 0.15) is 0 Å². The molecule has 0 unspecified atom stereocenters. The van der Waals surface area contributed by atoms with Gasteiger partial charge >= 0.3 is 5.69 Å². The van der Waals surface area contributed by atoms with Gasteiger partial charge in [0.15, 0.2) is 11.5 Å². The van der Waals surface area contributed by atoms with Crippen LogP contribution in [0.2, 0.25) is 0 Å². The molecule has 0 radical (unpaired) electrons. The molecule has 1 aromatic carbocycles. The zero-order valence-electron chi connectivity index (χ0n) is 12.6. The number of nitrogens with zero attached hydrogens (tertiary/aromatic N) is 4. The van der Waals surface area contributed by atoms with Crippen LogP contribution < -0.4 is 19.7 Å². The summed E-state index contributed by atoms with van der Waals surface area (Å²) in [4.78, 5) is 20.4. The standard InChI is InChI=1S/C14H15N5O4/c1-18(2)14-12(19(20)21)13(15-8-16-14)17-9-3-4-10-11(7-9)23-6-5-22-10/h3-4,7-8H,5-6H2,1-2H3,(H,15,16,17). The van der Waals surface area contributed by atoms with Crippen molar-refractivity contribution in [3.8, 4) is 11.5 Å². The Balaban J connectivity index is 1.97. The highest BCUT2D eigenvalue weighted by molar-refractivity contribution is 5.74. The van der Waals surface area contributed by atoms with Gasteiger partial charge in [-0.05, 0) is 12.1 Å². The minimum atomic E-state index is -0.504. The first-order chi connectivity index (χ1) is 11.1. The molecule has 9 nitrogen and oxygen atoms in total. The first-order valence-corrected chi connectivity index (χ1v) is 6.89. The molecule has 0 bridgehead atoms. The number of anilines is 3. The Morgan fingerprint density at radius 3 is 2.65 bits per heavy atom. The van der Waals surface area contributed by atoms with Gasteiger partial charge in [-0.3, -0.25) is 10.1 Å². The molecule has 0 saturated carbocycles. The Morgan fingerprint density at radius 2 is 1.96 bits per heavy atom. The number of nitro groups is 1. The van der Waals surface area contributed by atoms with Crippen LogP contribution in [-0.4, -0.2) is 42.2 Å². The number of aromatic nitrogens is 2. The number of ether oxygens (including phenoxy) is 2. The molecule has 3 rings (SSSR count). The van der Waals surface area contributed by atoms with Crippen molar-refractivity contribution in [2.45, 2.75) is 0 Å². The quantitative estimate of drug-likeness (QED) is 0.674. The van der Waals surface area contributed by atoms with E-state index in [0.717, 1.165) is 0 Å². The van der Waals surface area contributed by atoms with Crippen molar-refractivity contribution >= 4 is 23.0 Å². The second kappa shape index (κ2) is 5.95. The first kappa shape index (κ1) is 14.8. The maximum atomic E-state index is 11.4. The molecule has 1 aliphatic heterocycles. The van der Waals surface area contributed by atoms with Crippen LogP contribution >= 0.6 is 0 Å². The van der Waals surface area contributed by atoms with E-state index in [1.54, 1.807) is 37.2 Å². The van der Waals surface area contributed by atoms with Crippen molar-refractivity contribution < 1.29 is 14.4 Å². The third kappa shape index (κ3) is 2.93. The SMILES string of the molecule is CN(C)c1ncnc(Nc2ccc3c(c2)OCCO3)c1[N+](=O)[O-]. The van der Waals surface area contributed by atoms with E-state index in [-0.39, 0.29) is 17.3 Å². The minimum absolute atomic E-state index is 0.116. The zero-order chi connectivity index (χ0) is 16.4. The molecule has 0 atom stereocenters. The molecule has 0 aliphatic carbocycles. The topological polar surface area (TPSA) is 103 Å². The summed E-state index contributed by atoms with van der Waals surface area (Å²) in [6.07, 6.45) is 1.28. The number of fused-ring (bicyclic) bond motifs is 1. The van der Waals surface area contributed by atoms with Crippen LogP contribution in [0.3, 0.4) is 0 Å². The highest BCUT2D eigenvalue weighted by Crippen LogP contribution is 2.36. The van der Waals surface area contributed by atoms with Crippen LogP contribution in [0.5, 0.6) is 11.5 Å². The number of hydrogen-bond acceptors (Lipinski definition) is 8. The number of benzene rings is 1. The molecular weight excluding hydrogens is 302 g/mol. The lowest BCUT2D eigenvalue weighted by atomic mass is 10.2. The molecule has 1 N–H and O–H groups in total. The molecule has 0 spiro atoms. The number of hydrogen-bond donors (Lipinski definition) is 1. The van der Waals surface area contributed by atoms with Crippen molar-refractivity contribution in [2.24, 2.45) is 0 Å². The van der Waals surface area contributed by atoms with Crippen LogP contribution in [0.25, 0.3) is 0 Å². The van der Waals surface area contributed by atoms with Crippen molar-refractivity contribution in [3.05, 3.63) is 34.6 Å². The summed E-state index contributed by atoms with van der Waals surface area (Å²) in [5.41, 5.74) is 0.424. The van der Waals surface area contributed by atoms with Gasteiger partial charge in [-0.25, -0.2) is 9.97 Å². The fourth-order valence-electron chi connectivity index (χ4n) is 2.21. The third-order valence-corrected chi connectivity index (χ3v) is 3.21. The maximum absolute atomic E-state index is 11.4. The van der Waals surface area contributed by atoms with Crippen LogP contribution in [-0.2, 0) is 0 Å². The molecule has 0 fully saturated rings. The Hall–Kier alpha value is -3.10. The van der Waals surface area contributed by atoms with Crippen LogP contribution in [0.15, 0.2) is 24.5 Å². The lowest BCUT2D eigenvalue weighted by Crippen LogP contribution is -2.16. The molecular formula is C14H15N5O4. The fourth-order valence-corrected chi connectivity index (χ4v) is 2.21. The summed E-state index contributed by atoms with van der Waals surface area (Å²) in [7, 11) is 3.37. The third-order valence-electron chi connectivity index (χ3n) is 3.21. The summed E-state index contributed by atoms with van der Waals surface area (Å²) in [6, 6.07) is 5.21. The summed E-state index contributed by atoms with van der Waals surface area (Å²) in [5.74, 6) is 1.58. The van der Waals surface area contributed by atoms with E-state index >= 15 is 0 Å². The van der Waals surface area contributed by atoms with Crippen molar-refractivity contribution in [2.75, 3.05) is 37.5 Å². The maximum Gasteiger partial charge on any atom is 0.353 e. The predicted octanol–water partition coefficient (Wildman–Crippen LogP) is 1.97. The minimum Gasteiger partial charge on any atom is -0.486 e. The smallest absolute Gasteiger partial charge is 0.353 e. The molecule has 9 heteroatoms. The van der Waals surface area contributed by atoms with Gasteiger partial charge in [0.05, 0.1) is 4.92 Å². The van der Waals surface area contributed by atoms with Gasteiger partial charge in [-0.1, -0.05) is 0 Å². The average molecular weight is 317 g/mol. The summed E-state index contributed by atoms with van der Waals surface area (Å²) < 4.78 is 10.9. The van der Waals surface area contributed by atoms with Crippen LogP contribution in [0, 0.1) is 10.1 Å². The summed E-state index contributed by atoms with van der Waals surface area (Å²) >= 11 is 0. The van der Waals surface area contributed by atoms with Crippen molar-refractivity contribution in [3.63, 3.8) is 0 Å². The molecule has 1 aromatic heterocycles. The van der Waals surface area contributed by atoms with E-state index in [1.165, 1.54) is 6.33 Å². The Kier molecular flexibility index (Phi) is 3.83. The second-order valence-corrected chi connectivity index (χ2v) is 5.03. The molecule has 0 saturated heterocycles. The fraction of sp³-hybridized carbons (Fsp3) is 0.286. The predicted molar refractivity (Wildman–Crippen MR) is 83.7 cm³/mol. The van der Waals surface area contributed by atoms with Gasteiger partial charge in [0.1, 0.15) is 19.5 Å². The van der Waals surface area contributed by atoms with Gasteiger partial charge in [0, 0.05) is 25.8 Å². The first-order valence-electron chi connectivity index (χ1n) is 6.89. The van der Waals surface area contributed by atoms with Gasteiger partial charge in [0.2, 0.25) is 11.6 Å². The van der Waals surface area contributed by atoms with Gasteiger partial charge in [-0.15, -0.1) is 0 Å². The lowest BCUT2D eigenvalue weighted by molar-refractivity contribution is -0.383. The molecule has 2 aromatic rings. The molecule has 2 heterocycles. The van der Waals surface area contributed by atoms with Crippen LogP contribution in [0.4, 0.5) is 23.0 Å². The highest BCUT2D eigenvalue weighted by atomic mass is 16.6. The molecule has 23 heavy (non-hydrogen) atoms. The van der Waals surface area contributed by atoms with Gasteiger partial charge < -0.3 is 19.7 Å². The Morgan fingerprint density at radius 1 is 1.22 bits per heavy atom. The normalized spacial score (nSPS) is 12.6. The van der Waals surface area contributed by atoms with E-state index in [0.29, 0.717) is 30.4 Å². The van der Waals surface area contributed by atoms with Crippen molar-refractivity contribution in [1.29, 1.82) is 0 Å². The molecule has 120 valence electrons. The lowest BCUT2D eigenvalue weighted by Gasteiger charge is -2.19. The van der Waals surface area contributed by atoms with E-state index < -0.39 is 4.92 Å². The highest BCUT2D eigenvalue weighted by Gasteiger charge is 2.24. The summed E-state index contributed by atoms with van der Waals surface area (Å²) in [6.45, 7) is 0.970. The Labute approximate surface area is 132 Å². The Bertz CT molecular complexity index is 750. The van der Waals surface area contributed by atoms with Gasteiger partial charge in [0.25, 0.3) is 0 Å². The van der Waals surface area contributed by atoms with E-state index in [9.17, 15) is 10.1 Å². The zero-order valence-corrected chi connectivity index (χ0v) is 12.6. The van der Waals surface area contributed by atoms with Crippen molar-refractivity contribution in [1.82, 2.24) is 9.97 Å². The summed E-state index contributed by atoms with van der Waals surface area (Å²) in [5, 5.41) is 14.3. The van der Waals surface area contributed by atoms with E-state index in [4.69, 9.17) is 9.47 Å². The van der Waals surface area contributed by atoms with Gasteiger partial charge in [-0.2, -0.15) is 0 Å².